The van der Waals surface area contributed by atoms with Gasteiger partial charge in [0, 0.05) is 30.4 Å². The number of ether oxygens (including phenoxy) is 1. The summed E-state index contributed by atoms with van der Waals surface area (Å²) in [7, 11) is 0. The van der Waals surface area contributed by atoms with E-state index in [1.165, 1.54) is 29.3 Å². The molecule has 0 saturated carbocycles. The maximum Gasteiger partial charge on any atom is 0.295 e. The zero-order valence-corrected chi connectivity index (χ0v) is 15.8. The van der Waals surface area contributed by atoms with E-state index < -0.39 is 28.4 Å². The molecule has 2 heterocycles. The number of nitrogens with zero attached hydrogens (tertiary/aromatic N) is 3. The zero-order valence-electron chi connectivity index (χ0n) is 15.8. The topological polar surface area (TPSA) is 143 Å². The van der Waals surface area contributed by atoms with E-state index in [4.69, 9.17) is 9.84 Å². The molecule has 0 radical (unpaired) electrons. The Morgan fingerprint density at radius 2 is 2.00 bits per heavy atom. The summed E-state index contributed by atoms with van der Waals surface area (Å²) in [5, 5.41) is 30.7. The molecule has 1 saturated heterocycles. The first-order valence-electron chi connectivity index (χ1n) is 9.08. The summed E-state index contributed by atoms with van der Waals surface area (Å²) in [5.74, 6) is -2.28. The number of nitro groups is 1. The third-order valence-corrected chi connectivity index (χ3v) is 4.55. The number of amides is 1. The van der Waals surface area contributed by atoms with E-state index in [-0.39, 0.29) is 43.2 Å². The average molecular weight is 413 g/mol. The molecule has 0 aliphatic carbocycles. The molecule has 1 aromatic heterocycles. The molecule has 1 fully saturated rings. The lowest BCUT2D eigenvalue weighted by atomic mass is 9.98. The van der Waals surface area contributed by atoms with Crippen molar-refractivity contribution < 1.29 is 29.5 Å². The molecule has 1 atom stereocenters. The number of hydrogen-bond donors (Lipinski definition) is 2. The van der Waals surface area contributed by atoms with Gasteiger partial charge in [0.25, 0.3) is 17.4 Å². The van der Waals surface area contributed by atoms with Gasteiger partial charge in [-0.15, -0.1) is 0 Å². The number of carbonyl (C=O) groups is 2. The number of aliphatic hydroxyl groups excluding tert-OH is 2. The summed E-state index contributed by atoms with van der Waals surface area (Å²) >= 11 is 0. The summed E-state index contributed by atoms with van der Waals surface area (Å²) in [5.41, 5.74) is -0.0769. The van der Waals surface area contributed by atoms with Crippen molar-refractivity contribution in [1.82, 2.24) is 9.88 Å². The molecule has 0 spiro atoms. The fraction of sp³-hybridized carbons (Fsp3) is 0.250. The minimum atomic E-state index is -0.983. The average Bonchev–Trinajstić information content (AvgIpc) is 3.01. The quantitative estimate of drug-likeness (QED) is 0.165. The van der Waals surface area contributed by atoms with Gasteiger partial charge in [0.2, 0.25) is 0 Å². The highest BCUT2D eigenvalue weighted by molar-refractivity contribution is 6.46. The maximum atomic E-state index is 12.8. The number of non-ortho nitro benzene ring substituents is 1. The van der Waals surface area contributed by atoms with E-state index in [1.54, 1.807) is 18.2 Å². The lowest BCUT2D eigenvalue weighted by molar-refractivity contribution is -0.384. The SMILES string of the molecule is O=C1C(=O)N(CCOCCO)[C@H](c2ccccn2)C1=C(O)c1cccc([N+](=O)[O-])c1. The fourth-order valence-electron chi connectivity index (χ4n) is 3.21. The van der Waals surface area contributed by atoms with Crippen molar-refractivity contribution in [3.8, 4) is 0 Å². The lowest BCUT2D eigenvalue weighted by Crippen LogP contribution is -2.33. The van der Waals surface area contributed by atoms with Gasteiger partial charge in [-0.05, 0) is 12.1 Å². The molecular formula is C20H19N3O7. The van der Waals surface area contributed by atoms with Crippen LogP contribution in [0, 0.1) is 10.1 Å². The van der Waals surface area contributed by atoms with Crippen LogP contribution in [0.15, 0.2) is 54.2 Å². The third-order valence-electron chi connectivity index (χ3n) is 4.55. The molecule has 30 heavy (non-hydrogen) atoms. The summed E-state index contributed by atoms with van der Waals surface area (Å²) in [6.45, 7) is -0.0214. The first-order chi connectivity index (χ1) is 14.5. The second kappa shape index (κ2) is 9.25. The predicted octanol–water partition coefficient (Wildman–Crippen LogP) is 1.42. The van der Waals surface area contributed by atoms with Gasteiger partial charge in [-0.1, -0.05) is 18.2 Å². The molecule has 10 nitrogen and oxygen atoms in total. The molecule has 1 aromatic carbocycles. The molecule has 10 heteroatoms. The molecule has 1 aliphatic heterocycles. The number of benzene rings is 1. The van der Waals surface area contributed by atoms with Crippen LogP contribution in [0.3, 0.4) is 0 Å². The summed E-state index contributed by atoms with van der Waals surface area (Å²) in [6.07, 6.45) is 1.49. The Morgan fingerprint density at radius 1 is 1.20 bits per heavy atom. The molecule has 0 bridgehead atoms. The number of carbonyl (C=O) groups excluding carboxylic acids is 2. The summed E-state index contributed by atoms with van der Waals surface area (Å²) < 4.78 is 5.21. The van der Waals surface area contributed by atoms with Gasteiger partial charge in [-0.25, -0.2) is 0 Å². The predicted molar refractivity (Wildman–Crippen MR) is 104 cm³/mol. The van der Waals surface area contributed by atoms with Crippen molar-refractivity contribution >= 4 is 23.1 Å². The fourth-order valence-corrected chi connectivity index (χ4v) is 3.21. The molecule has 2 aromatic rings. The van der Waals surface area contributed by atoms with Crippen LogP contribution in [0.5, 0.6) is 0 Å². The van der Waals surface area contributed by atoms with Crippen LogP contribution in [0.1, 0.15) is 17.3 Å². The van der Waals surface area contributed by atoms with Crippen molar-refractivity contribution in [2.45, 2.75) is 6.04 Å². The normalized spacial score (nSPS) is 18.0. The molecular weight excluding hydrogens is 394 g/mol. The van der Waals surface area contributed by atoms with Crippen LogP contribution < -0.4 is 0 Å². The van der Waals surface area contributed by atoms with E-state index in [0.717, 1.165) is 6.07 Å². The molecule has 3 rings (SSSR count). The Morgan fingerprint density at radius 3 is 2.67 bits per heavy atom. The largest absolute Gasteiger partial charge is 0.507 e. The zero-order chi connectivity index (χ0) is 21.7. The first-order valence-corrected chi connectivity index (χ1v) is 9.08. The number of nitro benzene ring substituents is 1. The summed E-state index contributed by atoms with van der Waals surface area (Å²) in [4.78, 5) is 41.3. The second-order valence-electron chi connectivity index (χ2n) is 6.39. The highest BCUT2D eigenvalue weighted by atomic mass is 16.6. The molecule has 1 aliphatic rings. The number of Topliss-reactive ketones (excluding diaryl/α,β-unsaturated/α-hetero) is 1. The lowest BCUT2D eigenvalue weighted by Gasteiger charge is -2.24. The number of hydrogen-bond acceptors (Lipinski definition) is 8. The number of rotatable bonds is 8. The van der Waals surface area contributed by atoms with Gasteiger partial charge < -0.3 is 19.8 Å². The van der Waals surface area contributed by atoms with Crippen LogP contribution in [0.25, 0.3) is 5.76 Å². The van der Waals surface area contributed by atoms with E-state index in [1.807, 2.05) is 0 Å². The highest BCUT2D eigenvalue weighted by Crippen LogP contribution is 2.38. The molecule has 1 amide bonds. The van der Waals surface area contributed by atoms with Gasteiger partial charge in [-0.3, -0.25) is 24.7 Å². The Kier molecular flexibility index (Phi) is 6.50. The number of pyridine rings is 1. The monoisotopic (exact) mass is 413 g/mol. The van der Waals surface area contributed by atoms with E-state index >= 15 is 0 Å². The number of likely N-dealkylation sites (tertiary alicyclic amines) is 1. The Balaban J connectivity index is 2.07. The van der Waals surface area contributed by atoms with Crippen LogP contribution in [-0.2, 0) is 14.3 Å². The van der Waals surface area contributed by atoms with E-state index in [0.29, 0.717) is 5.69 Å². The van der Waals surface area contributed by atoms with Crippen LogP contribution in [0.4, 0.5) is 5.69 Å². The number of aromatic nitrogens is 1. The Labute approximate surface area is 171 Å². The summed E-state index contributed by atoms with van der Waals surface area (Å²) in [6, 6.07) is 9.14. The second-order valence-corrected chi connectivity index (χ2v) is 6.39. The van der Waals surface area contributed by atoms with Crippen molar-refractivity contribution in [3.05, 3.63) is 75.6 Å². The van der Waals surface area contributed by atoms with Gasteiger partial charge in [-0.2, -0.15) is 0 Å². The van der Waals surface area contributed by atoms with Crippen molar-refractivity contribution in [1.29, 1.82) is 0 Å². The van der Waals surface area contributed by atoms with E-state index in [2.05, 4.69) is 4.98 Å². The molecule has 0 unspecified atom stereocenters. The standard InChI is InChI=1S/C20H19N3O7/c24-9-11-30-10-8-22-17(15-6-1-2-7-21-15)16(19(26)20(22)27)18(25)13-4-3-5-14(12-13)23(28)29/h1-7,12,17,24-25H,8-11H2/t17-/m1/s1. The van der Waals surface area contributed by atoms with E-state index in [9.17, 15) is 24.8 Å². The van der Waals surface area contributed by atoms with Crippen LogP contribution in [0.2, 0.25) is 0 Å². The van der Waals surface area contributed by atoms with Crippen molar-refractivity contribution in [3.63, 3.8) is 0 Å². The minimum absolute atomic E-state index is 0.0253. The van der Waals surface area contributed by atoms with Gasteiger partial charge in [0.15, 0.2) is 0 Å². The Bertz CT molecular complexity index is 991. The Hall–Kier alpha value is -3.63. The van der Waals surface area contributed by atoms with Crippen molar-refractivity contribution in [2.75, 3.05) is 26.4 Å². The van der Waals surface area contributed by atoms with Crippen molar-refractivity contribution in [2.24, 2.45) is 0 Å². The van der Waals surface area contributed by atoms with Gasteiger partial charge in [0.1, 0.15) is 11.8 Å². The first kappa shape index (κ1) is 21.1. The van der Waals surface area contributed by atoms with Crippen LogP contribution >= 0.6 is 0 Å². The highest BCUT2D eigenvalue weighted by Gasteiger charge is 2.46. The van der Waals surface area contributed by atoms with Gasteiger partial charge in [0.05, 0.1) is 36.0 Å². The maximum absolute atomic E-state index is 12.8. The van der Waals surface area contributed by atoms with Gasteiger partial charge >= 0.3 is 0 Å². The molecule has 2 N–H and O–H groups in total. The third kappa shape index (κ3) is 4.19. The molecule has 156 valence electrons. The minimum Gasteiger partial charge on any atom is -0.507 e. The smallest absolute Gasteiger partial charge is 0.295 e. The van der Waals surface area contributed by atoms with Crippen LogP contribution in [-0.4, -0.2) is 63.1 Å². The number of aliphatic hydroxyl groups is 2. The number of ketones is 1.